The molecule has 190 valence electrons. The molecule has 1 N–H and O–H groups in total. The fraction of sp³-hybridized carbons (Fsp3) is 0.100. The molecule has 6 nitrogen and oxygen atoms in total. The lowest BCUT2D eigenvalue weighted by atomic mass is 10.1. The number of hydrogen-bond acceptors (Lipinski definition) is 5. The second-order valence-corrected chi connectivity index (χ2v) is 9.29. The number of anilines is 3. The minimum atomic E-state index is -0.510. The Kier molecular flexibility index (Phi) is 6.94. The molecule has 0 saturated heterocycles. The highest BCUT2D eigenvalue weighted by atomic mass is 35.5. The first-order valence-corrected chi connectivity index (χ1v) is 12.2. The number of halogens is 2. The van der Waals surface area contributed by atoms with Crippen LogP contribution < -0.4 is 10.2 Å². The maximum Gasteiger partial charge on any atom is 0.310 e. The zero-order valence-electron chi connectivity index (χ0n) is 20.3. The average molecular weight is 529 g/mol. The molecule has 0 spiro atoms. The van der Waals surface area contributed by atoms with Gasteiger partial charge in [0.2, 0.25) is 0 Å². The van der Waals surface area contributed by atoms with Crippen molar-refractivity contribution in [2.24, 2.45) is 0 Å². The van der Waals surface area contributed by atoms with Crippen molar-refractivity contribution in [2.75, 3.05) is 10.2 Å². The molecule has 1 aliphatic heterocycles. The van der Waals surface area contributed by atoms with Gasteiger partial charge in [0, 0.05) is 5.69 Å². The molecule has 8 heteroatoms. The molecule has 1 aliphatic rings. The van der Waals surface area contributed by atoms with Crippen molar-refractivity contribution < 1.29 is 23.5 Å². The Morgan fingerprint density at radius 2 is 1.63 bits per heavy atom. The number of carbonyl (C=O) groups is 3. The van der Waals surface area contributed by atoms with E-state index in [1.54, 1.807) is 60.7 Å². The number of rotatable bonds is 7. The van der Waals surface area contributed by atoms with Crippen LogP contribution in [0.25, 0.3) is 0 Å². The van der Waals surface area contributed by atoms with Gasteiger partial charge in [0.05, 0.1) is 33.9 Å². The van der Waals surface area contributed by atoms with Crippen LogP contribution >= 0.6 is 11.6 Å². The lowest BCUT2D eigenvalue weighted by Gasteiger charge is -2.16. The predicted octanol–water partition coefficient (Wildman–Crippen LogP) is 6.62. The van der Waals surface area contributed by atoms with Crippen LogP contribution in [0.15, 0.2) is 84.9 Å². The van der Waals surface area contributed by atoms with Crippen LogP contribution in [0.5, 0.6) is 0 Å². The SMILES string of the molecule is Cc1ccc(Nc2c(F)cccc2Cl)c(CC(=O)OCc2cccc(N3C(=O)c4ccccc4C3=O)c2)c1. The van der Waals surface area contributed by atoms with Gasteiger partial charge in [-0.05, 0) is 60.5 Å². The van der Waals surface area contributed by atoms with Gasteiger partial charge in [0.25, 0.3) is 11.8 Å². The Labute approximate surface area is 223 Å². The summed E-state index contributed by atoms with van der Waals surface area (Å²) in [5.74, 6) is -1.79. The average Bonchev–Trinajstić information content (AvgIpc) is 3.16. The number of amides is 2. The highest BCUT2D eigenvalue weighted by Crippen LogP contribution is 2.31. The Balaban J connectivity index is 1.28. The quantitative estimate of drug-likeness (QED) is 0.215. The lowest BCUT2D eigenvalue weighted by molar-refractivity contribution is -0.144. The van der Waals surface area contributed by atoms with E-state index in [1.807, 2.05) is 19.1 Å². The summed E-state index contributed by atoms with van der Waals surface area (Å²) < 4.78 is 19.8. The molecule has 0 radical (unpaired) electrons. The van der Waals surface area contributed by atoms with Crippen LogP contribution in [0, 0.1) is 12.7 Å². The standard InChI is InChI=1S/C30H22ClFN2O4/c1-18-12-13-26(33-28-24(31)10-5-11-25(28)32)20(14-18)16-27(35)38-17-19-6-4-7-21(15-19)34-29(36)22-8-2-3-9-23(22)30(34)37/h2-15,33H,16-17H2,1H3. The van der Waals surface area contributed by atoms with E-state index in [9.17, 15) is 18.8 Å². The minimum absolute atomic E-state index is 0.0520. The van der Waals surface area contributed by atoms with E-state index in [2.05, 4.69) is 5.32 Å². The molecule has 0 aromatic heterocycles. The Morgan fingerprint density at radius 3 is 2.34 bits per heavy atom. The van der Waals surface area contributed by atoms with E-state index in [0.717, 1.165) is 10.5 Å². The number of carbonyl (C=O) groups excluding carboxylic acids is 3. The van der Waals surface area contributed by atoms with Crippen molar-refractivity contribution >= 4 is 46.4 Å². The maximum atomic E-state index is 14.3. The number of ether oxygens (including phenoxy) is 1. The van der Waals surface area contributed by atoms with Gasteiger partial charge < -0.3 is 10.1 Å². The largest absolute Gasteiger partial charge is 0.461 e. The summed E-state index contributed by atoms with van der Waals surface area (Å²) in [5.41, 5.74) is 3.93. The number of benzene rings is 4. The summed E-state index contributed by atoms with van der Waals surface area (Å²) in [4.78, 5) is 39.5. The highest BCUT2D eigenvalue weighted by molar-refractivity contribution is 6.34. The minimum Gasteiger partial charge on any atom is -0.461 e. The third-order valence-electron chi connectivity index (χ3n) is 6.18. The molecule has 4 aromatic rings. The summed E-state index contributed by atoms with van der Waals surface area (Å²) in [6.45, 7) is 1.84. The molecule has 0 unspecified atom stereocenters. The van der Waals surface area contributed by atoms with Crippen molar-refractivity contribution in [1.29, 1.82) is 0 Å². The number of para-hydroxylation sites is 1. The van der Waals surface area contributed by atoms with E-state index < -0.39 is 23.6 Å². The van der Waals surface area contributed by atoms with Crippen LogP contribution in [0.1, 0.15) is 37.4 Å². The molecule has 0 atom stereocenters. The van der Waals surface area contributed by atoms with E-state index in [0.29, 0.717) is 33.6 Å². The lowest BCUT2D eigenvalue weighted by Crippen LogP contribution is -2.29. The molecule has 4 aromatic carbocycles. The number of nitrogens with zero attached hydrogens (tertiary/aromatic N) is 1. The molecular formula is C30H22ClFN2O4. The summed E-state index contributed by atoms with van der Waals surface area (Å²) >= 11 is 6.15. The van der Waals surface area contributed by atoms with Gasteiger partial charge in [-0.1, -0.05) is 59.6 Å². The first-order chi connectivity index (χ1) is 18.3. The fourth-order valence-corrected chi connectivity index (χ4v) is 4.53. The predicted molar refractivity (Wildman–Crippen MR) is 143 cm³/mol. The summed E-state index contributed by atoms with van der Waals surface area (Å²) in [6, 6.07) is 23.2. The molecule has 0 saturated carbocycles. The van der Waals surface area contributed by atoms with Crippen molar-refractivity contribution in [2.45, 2.75) is 20.0 Å². The third kappa shape index (κ3) is 5.01. The van der Waals surface area contributed by atoms with Crippen molar-refractivity contribution in [3.05, 3.63) is 124 Å². The van der Waals surface area contributed by atoms with Gasteiger partial charge in [0.15, 0.2) is 0 Å². The molecule has 0 aliphatic carbocycles. The van der Waals surface area contributed by atoms with Crippen LogP contribution in [0.4, 0.5) is 21.5 Å². The third-order valence-corrected chi connectivity index (χ3v) is 6.50. The summed E-state index contributed by atoms with van der Waals surface area (Å²) in [7, 11) is 0. The molecular weight excluding hydrogens is 507 g/mol. The number of fused-ring (bicyclic) bond motifs is 1. The second-order valence-electron chi connectivity index (χ2n) is 8.88. The zero-order valence-corrected chi connectivity index (χ0v) is 21.1. The van der Waals surface area contributed by atoms with Gasteiger partial charge in [-0.25, -0.2) is 9.29 Å². The van der Waals surface area contributed by atoms with E-state index in [-0.39, 0.29) is 23.7 Å². The van der Waals surface area contributed by atoms with E-state index in [4.69, 9.17) is 16.3 Å². The normalized spacial score (nSPS) is 12.4. The molecule has 0 fully saturated rings. The van der Waals surface area contributed by atoms with E-state index in [1.165, 1.54) is 12.1 Å². The smallest absolute Gasteiger partial charge is 0.310 e. The first-order valence-electron chi connectivity index (χ1n) is 11.8. The summed E-state index contributed by atoms with van der Waals surface area (Å²) in [6.07, 6.45) is -0.0613. The van der Waals surface area contributed by atoms with Crippen LogP contribution in [0.2, 0.25) is 5.02 Å². The van der Waals surface area contributed by atoms with Crippen molar-refractivity contribution in [3.63, 3.8) is 0 Å². The number of imide groups is 1. The first kappa shape index (κ1) is 25.2. The van der Waals surface area contributed by atoms with Crippen LogP contribution in [0.3, 0.4) is 0 Å². The number of nitrogens with one attached hydrogen (secondary N) is 1. The monoisotopic (exact) mass is 528 g/mol. The second kappa shape index (κ2) is 10.5. The zero-order chi connectivity index (χ0) is 26.8. The summed E-state index contributed by atoms with van der Waals surface area (Å²) in [5, 5.41) is 3.21. The van der Waals surface area contributed by atoms with Gasteiger partial charge in [-0.3, -0.25) is 14.4 Å². The number of hydrogen-bond donors (Lipinski definition) is 1. The number of aryl methyl sites for hydroxylation is 1. The molecule has 5 rings (SSSR count). The Hall–Kier alpha value is -4.49. The number of esters is 1. The van der Waals surface area contributed by atoms with Gasteiger partial charge >= 0.3 is 5.97 Å². The Bertz CT molecular complexity index is 1530. The molecule has 0 bridgehead atoms. The maximum absolute atomic E-state index is 14.3. The van der Waals surface area contributed by atoms with E-state index >= 15 is 0 Å². The topological polar surface area (TPSA) is 75.7 Å². The highest BCUT2D eigenvalue weighted by Gasteiger charge is 2.36. The fourth-order valence-electron chi connectivity index (χ4n) is 4.32. The Morgan fingerprint density at radius 1 is 0.921 bits per heavy atom. The molecule has 2 amide bonds. The van der Waals surface area contributed by atoms with Gasteiger partial charge in [0.1, 0.15) is 12.4 Å². The van der Waals surface area contributed by atoms with Crippen molar-refractivity contribution in [1.82, 2.24) is 0 Å². The van der Waals surface area contributed by atoms with Crippen LogP contribution in [-0.4, -0.2) is 17.8 Å². The van der Waals surface area contributed by atoms with Gasteiger partial charge in [-0.2, -0.15) is 0 Å². The van der Waals surface area contributed by atoms with Crippen molar-refractivity contribution in [3.8, 4) is 0 Å². The van der Waals surface area contributed by atoms with Gasteiger partial charge in [-0.15, -0.1) is 0 Å². The van der Waals surface area contributed by atoms with Crippen LogP contribution in [-0.2, 0) is 22.6 Å². The molecule has 38 heavy (non-hydrogen) atoms. The molecule has 1 heterocycles.